The van der Waals surface area contributed by atoms with E-state index in [4.69, 9.17) is 4.74 Å². The molecule has 2 heterocycles. The molecule has 1 unspecified atom stereocenters. The Morgan fingerprint density at radius 1 is 1.19 bits per heavy atom. The Labute approximate surface area is 150 Å². The molecule has 0 saturated carbocycles. The zero-order chi connectivity index (χ0) is 19.0. The van der Waals surface area contributed by atoms with E-state index in [0.717, 1.165) is 11.1 Å². The summed E-state index contributed by atoms with van der Waals surface area (Å²) < 4.78 is 6.41. The standard InChI is InChI=1S/C19H21N3O4/c1-5-22-16-15(17(23)21-19(22)25)14(12-8-6-10(2)7-9-12)13(11(3)20-16)18(24)26-4/h6-9,14,20H,5H2,1-4H3,(H,21,23,25). The van der Waals surface area contributed by atoms with Crippen LogP contribution in [0.5, 0.6) is 0 Å². The van der Waals surface area contributed by atoms with Crippen LogP contribution in [-0.2, 0) is 16.1 Å². The number of rotatable bonds is 3. The first-order valence-electron chi connectivity index (χ1n) is 8.38. The molecular formula is C19H21N3O4. The number of anilines is 1. The lowest BCUT2D eigenvalue weighted by atomic mass is 9.82. The first-order chi connectivity index (χ1) is 12.4. The van der Waals surface area contributed by atoms with Crippen molar-refractivity contribution in [2.75, 3.05) is 12.4 Å². The van der Waals surface area contributed by atoms with Crippen molar-refractivity contribution in [3.8, 4) is 0 Å². The van der Waals surface area contributed by atoms with Crippen LogP contribution in [0.3, 0.4) is 0 Å². The zero-order valence-corrected chi connectivity index (χ0v) is 15.2. The van der Waals surface area contributed by atoms with Gasteiger partial charge >= 0.3 is 11.7 Å². The molecular weight excluding hydrogens is 334 g/mol. The first kappa shape index (κ1) is 17.7. The minimum absolute atomic E-state index is 0.335. The van der Waals surface area contributed by atoms with Gasteiger partial charge in [-0.05, 0) is 26.3 Å². The molecule has 1 aromatic heterocycles. The molecule has 0 spiro atoms. The number of aromatic amines is 1. The third kappa shape index (κ3) is 2.75. The van der Waals surface area contributed by atoms with E-state index in [1.807, 2.05) is 38.1 Å². The lowest BCUT2D eigenvalue weighted by Crippen LogP contribution is -2.39. The average Bonchev–Trinajstić information content (AvgIpc) is 2.61. The van der Waals surface area contributed by atoms with Crippen molar-refractivity contribution in [2.45, 2.75) is 33.2 Å². The number of methoxy groups -OCH3 is 1. The molecule has 136 valence electrons. The minimum atomic E-state index is -0.624. The van der Waals surface area contributed by atoms with Crippen molar-refractivity contribution in [1.82, 2.24) is 9.55 Å². The molecule has 2 aromatic rings. The van der Waals surface area contributed by atoms with Crippen LogP contribution < -0.4 is 16.6 Å². The largest absolute Gasteiger partial charge is 0.466 e. The number of nitrogens with one attached hydrogen (secondary N) is 2. The summed E-state index contributed by atoms with van der Waals surface area (Å²) in [6.45, 7) is 5.90. The number of hydrogen-bond donors (Lipinski definition) is 2. The average molecular weight is 355 g/mol. The SMILES string of the molecule is CCn1c2c(c(=O)[nH]c1=O)C(c1ccc(C)cc1)C(C(=O)OC)=C(C)N2. The van der Waals surface area contributed by atoms with Crippen molar-refractivity contribution in [2.24, 2.45) is 0 Å². The summed E-state index contributed by atoms with van der Waals surface area (Å²) in [6, 6.07) is 7.61. The third-order valence-electron chi connectivity index (χ3n) is 4.65. The highest BCUT2D eigenvalue weighted by atomic mass is 16.5. The second-order valence-corrected chi connectivity index (χ2v) is 6.26. The number of aromatic nitrogens is 2. The van der Waals surface area contributed by atoms with Crippen molar-refractivity contribution in [1.29, 1.82) is 0 Å². The molecule has 7 heteroatoms. The van der Waals surface area contributed by atoms with Gasteiger partial charge in [0.05, 0.1) is 24.2 Å². The molecule has 1 aromatic carbocycles. The van der Waals surface area contributed by atoms with Gasteiger partial charge in [-0.2, -0.15) is 0 Å². The lowest BCUT2D eigenvalue weighted by Gasteiger charge is -2.30. The molecule has 0 saturated heterocycles. The van der Waals surface area contributed by atoms with Crippen LogP contribution in [-0.4, -0.2) is 22.6 Å². The van der Waals surface area contributed by atoms with E-state index in [2.05, 4.69) is 10.3 Å². The van der Waals surface area contributed by atoms with E-state index in [1.165, 1.54) is 11.7 Å². The number of carbonyl (C=O) groups excluding carboxylic acids is 1. The maximum atomic E-state index is 12.7. The van der Waals surface area contributed by atoms with Gasteiger partial charge < -0.3 is 10.1 Å². The molecule has 1 aliphatic rings. The van der Waals surface area contributed by atoms with Gasteiger partial charge in [0.25, 0.3) is 5.56 Å². The second kappa shape index (κ2) is 6.67. The molecule has 3 rings (SSSR count). The molecule has 0 bridgehead atoms. The Morgan fingerprint density at radius 2 is 1.85 bits per heavy atom. The number of aryl methyl sites for hydroxylation is 1. The monoisotopic (exact) mass is 355 g/mol. The number of benzene rings is 1. The molecule has 26 heavy (non-hydrogen) atoms. The van der Waals surface area contributed by atoms with Crippen LogP contribution in [0.2, 0.25) is 0 Å². The first-order valence-corrected chi connectivity index (χ1v) is 8.38. The smallest absolute Gasteiger partial charge is 0.336 e. The summed E-state index contributed by atoms with van der Waals surface area (Å²) in [5.41, 5.74) is 2.10. The number of hydrogen-bond acceptors (Lipinski definition) is 5. The number of allylic oxidation sites excluding steroid dienone is 1. The van der Waals surface area contributed by atoms with Crippen molar-refractivity contribution < 1.29 is 9.53 Å². The fourth-order valence-electron chi connectivity index (χ4n) is 3.37. The number of esters is 1. The van der Waals surface area contributed by atoms with Crippen LogP contribution >= 0.6 is 0 Å². The maximum Gasteiger partial charge on any atom is 0.336 e. The van der Waals surface area contributed by atoms with E-state index < -0.39 is 23.1 Å². The molecule has 1 atom stereocenters. The van der Waals surface area contributed by atoms with Gasteiger partial charge in [0.2, 0.25) is 0 Å². The van der Waals surface area contributed by atoms with Gasteiger partial charge in [0.15, 0.2) is 0 Å². The Kier molecular flexibility index (Phi) is 4.54. The number of ether oxygens (including phenoxy) is 1. The predicted octanol–water partition coefficient (Wildman–Crippen LogP) is 1.87. The highest BCUT2D eigenvalue weighted by molar-refractivity contribution is 5.94. The Morgan fingerprint density at radius 3 is 2.42 bits per heavy atom. The van der Waals surface area contributed by atoms with Crippen LogP contribution in [0.1, 0.15) is 36.5 Å². The van der Waals surface area contributed by atoms with Gasteiger partial charge in [-0.1, -0.05) is 29.8 Å². The Balaban J connectivity index is 2.37. The van der Waals surface area contributed by atoms with Crippen LogP contribution in [0.25, 0.3) is 0 Å². The minimum Gasteiger partial charge on any atom is -0.466 e. The summed E-state index contributed by atoms with van der Waals surface area (Å²) in [6.07, 6.45) is 0. The maximum absolute atomic E-state index is 12.7. The van der Waals surface area contributed by atoms with E-state index in [0.29, 0.717) is 29.2 Å². The van der Waals surface area contributed by atoms with E-state index in [-0.39, 0.29) is 0 Å². The Hall–Kier alpha value is -3.09. The topological polar surface area (TPSA) is 93.2 Å². The number of nitrogens with zero attached hydrogens (tertiary/aromatic N) is 1. The van der Waals surface area contributed by atoms with Gasteiger partial charge in [-0.25, -0.2) is 9.59 Å². The van der Waals surface area contributed by atoms with E-state index >= 15 is 0 Å². The fourth-order valence-corrected chi connectivity index (χ4v) is 3.37. The summed E-state index contributed by atoms with van der Waals surface area (Å²) >= 11 is 0. The predicted molar refractivity (Wildman–Crippen MR) is 98.4 cm³/mol. The molecule has 2 N–H and O–H groups in total. The zero-order valence-electron chi connectivity index (χ0n) is 15.2. The number of carbonyl (C=O) groups is 1. The normalized spacial score (nSPS) is 16.1. The molecule has 0 fully saturated rings. The molecule has 0 aliphatic carbocycles. The van der Waals surface area contributed by atoms with Crippen molar-refractivity contribution in [3.05, 3.63) is 73.1 Å². The Bertz CT molecular complexity index is 1010. The highest BCUT2D eigenvalue weighted by Gasteiger charge is 2.36. The van der Waals surface area contributed by atoms with Crippen LogP contribution in [0.15, 0.2) is 45.1 Å². The van der Waals surface area contributed by atoms with Crippen LogP contribution in [0, 0.1) is 6.92 Å². The fraction of sp³-hybridized carbons (Fsp3) is 0.316. The summed E-state index contributed by atoms with van der Waals surface area (Å²) in [5.74, 6) is -0.724. The van der Waals surface area contributed by atoms with E-state index in [9.17, 15) is 14.4 Å². The van der Waals surface area contributed by atoms with Crippen molar-refractivity contribution >= 4 is 11.8 Å². The van der Waals surface area contributed by atoms with Gasteiger partial charge in [-0.3, -0.25) is 14.3 Å². The number of H-pyrrole nitrogens is 1. The molecule has 0 amide bonds. The van der Waals surface area contributed by atoms with Gasteiger partial charge in [-0.15, -0.1) is 0 Å². The summed E-state index contributed by atoms with van der Waals surface area (Å²) in [7, 11) is 1.31. The summed E-state index contributed by atoms with van der Waals surface area (Å²) in [5, 5.41) is 3.06. The lowest BCUT2D eigenvalue weighted by molar-refractivity contribution is -0.136. The summed E-state index contributed by atoms with van der Waals surface area (Å²) in [4.78, 5) is 39.7. The number of fused-ring (bicyclic) bond motifs is 1. The quantitative estimate of drug-likeness (QED) is 0.820. The molecule has 0 radical (unpaired) electrons. The van der Waals surface area contributed by atoms with Crippen molar-refractivity contribution in [3.63, 3.8) is 0 Å². The van der Waals surface area contributed by atoms with E-state index in [1.54, 1.807) is 6.92 Å². The van der Waals surface area contributed by atoms with Gasteiger partial charge in [0.1, 0.15) is 5.82 Å². The van der Waals surface area contributed by atoms with Crippen LogP contribution in [0.4, 0.5) is 5.82 Å². The molecule has 1 aliphatic heterocycles. The third-order valence-corrected chi connectivity index (χ3v) is 4.65. The van der Waals surface area contributed by atoms with Gasteiger partial charge in [0, 0.05) is 12.2 Å². The second-order valence-electron chi connectivity index (χ2n) is 6.26. The molecule has 7 nitrogen and oxygen atoms in total. The highest BCUT2D eigenvalue weighted by Crippen LogP contribution is 2.39.